The molecule has 13 rings (SSSR count). The van der Waals surface area contributed by atoms with Crippen molar-refractivity contribution < 1.29 is 0 Å². The van der Waals surface area contributed by atoms with E-state index in [1.54, 1.807) is 0 Å². The van der Waals surface area contributed by atoms with Crippen molar-refractivity contribution in [1.82, 2.24) is 0 Å². The Bertz CT molecular complexity index is 3540. The maximum Gasteiger partial charge on any atom is 0.252 e. The lowest BCUT2D eigenvalue weighted by atomic mass is 9.33. The highest BCUT2D eigenvalue weighted by Gasteiger charge is 2.44. The third-order valence-corrected chi connectivity index (χ3v) is 16.7. The molecule has 0 aliphatic carbocycles. The van der Waals surface area contributed by atoms with Crippen molar-refractivity contribution in [2.45, 2.75) is 52.4 Å². The van der Waals surface area contributed by atoms with Crippen LogP contribution in [0.15, 0.2) is 188 Å². The molecule has 0 N–H and O–H groups in total. The first-order valence-corrected chi connectivity index (χ1v) is 25.2. The molecule has 0 spiro atoms. The molecular weight excluding hydrogens is 848 g/mol. The van der Waals surface area contributed by atoms with E-state index in [0.717, 1.165) is 11.4 Å². The van der Waals surface area contributed by atoms with Crippen LogP contribution >= 0.6 is 22.7 Å². The van der Waals surface area contributed by atoms with Crippen molar-refractivity contribution in [3.63, 3.8) is 0 Å². The zero-order valence-electron chi connectivity index (χ0n) is 38.7. The third kappa shape index (κ3) is 6.28. The van der Waals surface area contributed by atoms with Crippen LogP contribution in [-0.2, 0) is 10.8 Å². The van der Waals surface area contributed by atoms with Gasteiger partial charge >= 0.3 is 0 Å². The standard InChI is InChI=1S/C62H49BN2S2/c1-61(2,3)40-28-34-50-48(36-40)63-49-37-41(62(4,5)6)29-35-51(49)65(43-32-26-39(27-33-43)45-17-12-23-57-59(45)47-15-8-10-21-55(47)67-57)53-19-13-18-52(60(53)63)64(50)42-30-24-38(25-31-42)44-16-11-22-56-58(44)46-14-7-9-20-54(46)66-56/h7-37H,1-6H3. The van der Waals surface area contributed by atoms with Gasteiger partial charge in [-0.25, -0.2) is 0 Å². The van der Waals surface area contributed by atoms with Crippen molar-refractivity contribution in [1.29, 1.82) is 0 Å². The summed E-state index contributed by atoms with van der Waals surface area (Å²) in [5.41, 5.74) is 18.9. The minimum atomic E-state index is -0.0215. The molecule has 0 saturated heterocycles. The van der Waals surface area contributed by atoms with Crippen LogP contribution in [0.1, 0.15) is 52.7 Å². The number of fused-ring (bicyclic) bond motifs is 10. The van der Waals surface area contributed by atoms with E-state index in [9.17, 15) is 0 Å². The second-order valence-corrected chi connectivity index (χ2v) is 22.7. The molecule has 322 valence electrons. The summed E-state index contributed by atoms with van der Waals surface area (Å²) >= 11 is 3.75. The van der Waals surface area contributed by atoms with E-state index in [-0.39, 0.29) is 17.5 Å². The molecule has 2 aromatic heterocycles. The summed E-state index contributed by atoms with van der Waals surface area (Å²) < 4.78 is 5.31. The highest BCUT2D eigenvalue weighted by Crippen LogP contribution is 2.47. The predicted molar refractivity (Wildman–Crippen MR) is 295 cm³/mol. The first-order chi connectivity index (χ1) is 32.5. The Hall–Kier alpha value is -6.92. The Morgan fingerprint density at radius 2 is 0.776 bits per heavy atom. The largest absolute Gasteiger partial charge is 0.311 e. The lowest BCUT2D eigenvalue weighted by Crippen LogP contribution is -2.61. The van der Waals surface area contributed by atoms with E-state index >= 15 is 0 Å². The summed E-state index contributed by atoms with van der Waals surface area (Å²) in [6.07, 6.45) is 0. The van der Waals surface area contributed by atoms with Gasteiger partial charge in [0.25, 0.3) is 6.71 Å². The number of rotatable bonds is 4. The van der Waals surface area contributed by atoms with Gasteiger partial charge in [0.1, 0.15) is 0 Å². The molecule has 0 amide bonds. The third-order valence-electron chi connectivity index (χ3n) is 14.4. The number of thiophene rings is 2. The quantitative estimate of drug-likeness (QED) is 0.162. The molecule has 2 nitrogen and oxygen atoms in total. The Balaban J connectivity index is 0.999. The summed E-state index contributed by atoms with van der Waals surface area (Å²) in [6, 6.07) is 71.4. The number of benzene rings is 9. The van der Waals surface area contributed by atoms with Gasteiger partial charge in [-0.15, -0.1) is 22.7 Å². The van der Waals surface area contributed by atoms with Crippen molar-refractivity contribution >= 4 is 120 Å². The van der Waals surface area contributed by atoms with Gasteiger partial charge in [-0.1, -0.05) is 157 Å². The molecule has 0 atom stereocenters. The fourth-order valence-electron chi connectivity index (χ4n) is 11.0. The molecule has 2 aliphatic rings. The smallest absolute Gasteiger partial charge is 0.252 e. The summed E-state index contributed by atoms with van der Waals surface area (Å²) in [7, 11) is 0. The lowest BCUT2D eigenvalue weighted by molar-refractivity contribution is 0.590. The molecule has 0 fully saturated rings. The molecule has 0 saturated carbocycles. The minimum Gasteiger partial charge on any atom is -0.311 e. The fraction of sp³-hybridized carbons (Fsp3) is 0.129. The number of hydrogen-bond donors (Lipinski definition) is 0. The summed E-state index contributed by atoms with van der Waals surface area (Å²) in [5, 5.41) is 5.33. The molecule has 2 aliphatic heterocycles. The molecule has 11 aromatic rings. The molecule has 5 heteroatoms. The molecular formula is C62H49BN2S2. The van der Waals surface area contributed by atoms with Crippen molar-refractivity contribution in [2.75, 3.05) is 9.80 Å². The van der Waals surface area contributed by atoms with Gasteiger partial charge in [-0.2, -0.15) is 0 Å². The average molecular weight is 897 g/mol. The number of nitrogens with zero attached hydrogens (tertiary/aromatic N) is 2. The van der Waals surface area contributed by atoms with E-state index in [1.165, 1.54) is 113 Å². The van der Waals surface area contributed by atoms with Gasteiger partial charge in [0.15, 0.2) is 0 Å². The highest BCUT2D eigenvalue weighted by molar-refractivity contribution is 7.26. The molecule has 4 heterocycles. The van der Waals surface area contributed by atoms with Crippen LogP contribution in [0.5, 0.6) is 0 Å². The topological polar surface area (TPSA) is 6.48 Å². The maximum atomic E-state index is 2.53. The summed E-state index contributed by atoms with van der Waals surface area (Å²) in [6.45, 7) is 14.1. The van der Waals surface area contributed by atoms with Crippen molar-refractivity contribution in [2.24, 2.45) is 0 Å². The highest BCUT2D eigenvalue weighted by atomic mass is 32.1. The van der Waals surface area contributed by atoms with Crippen LogP contribution in [0.25, 0.3) is 62.6 Å². The van der Waals surface area contributed by atoms with Crippen molar-refractivity contribution in [3.05, 3.63) is 199 Å². The van der Waals surface area contributed by atoms with Crippen LogP contribution in [0.3, 0.4) is 0 Å². The summed E-state index contributed by atoms with van der Waals surface area (Å²) in [4.78, 5) is 5.07. The fourth-order valence-corrected chi connectivity index (χ4v) is 13.3. The predicted octanol–water partition coefficient (Wildman–Crippen LogP) is 16.4. The van der Waals surface area contributed by atoms with Crippen LogP contribution < -0.4 is 26.2 Å². The second kappa shape index (κ2) is 14.8. The van der Waals surface area contributed by atoms with E-state index in [2.05, 4.69) is 239 Å². The second-order valence-electron chi connectivity index (χ2n) is 20.5. The van der Waals surface area contributed by atoms with Gasteiger partial charge < -0.3 is 9.80 Å². The van der Waals surface area contributed by atoms with Gasteiger partial charge in [-0.3, -0.25) is 0 Å². The Morgan fingerprint density at radius 3 is 1.21 bits per heavy atom. The Kier molecular flexibility index (Phi) is 8.91. The van der Waals surface area contributed by atoms with Gasteiger partial charge in [0, 0.05) is 74.5 Å². The SMILES string of the molecule is CC(C)(C)c1ccc2c(c1)B1c3cc(C(C)(C)C)ccc3N(c3ccc(-c4cccc5sc6ccccc6c45)cc3)c3cccc(c31)N2c1ccc(-c2cccc3sc4ccccc4c23)cc1. The molecule has 9 aromatic carbocycles. The van der Waals surface area contributed by atoms with Gasteiger partial charge in [0.2, 0.25) is 0 Å². The van der Waals surface area contributed by atoms with Crippen LogP contribution in [0.4, 0.5) is 34.1 Å². The van der Waals surface area contributed by atoms with E-state index in [0.29, 0.717) is 0 Å². The van der Waals surface area contributed by atoms with E-state index < -0.39 is 0 Å². The zero-order valence-corrected chi connectivity index (χ0v) is 40.3. The van der Waals surface area contributed by atoms with Gasteiger partial charge in [-0.05, 0) is 133 Å². The first-order valence-electron chi connectivity index (χ1n) is 23.5. The molecule has 0 bridgehead atoms. The average Bonchev–Trinajstić information content (AvgIpc) is 3.92. The molecule has 67 heavy (non-hydrogen) atoms. The molecule has 0 radical (unpaired) electrons. The Labute approximate surface area is 401 Å². The summed E-state index contributed by atoms with van der Waals surface area (Å²) in [5.74, 6) is 0. The van der Waals surface area contributed by atoms with E-state index in [4.69, 9.17) is 0 Å². The number of hydrogen-bond acceptors (Lipinski definition) is 4. The van der Waals surface area contributed by atoms with Crippen LogP contribution in [0.2, 0.25) is 0 Å². The van der Waals surface area contributed by atoms with Crippen LogP contribution in [-0.4, -0.2) is 6.71 Å². The number of anilines is 6. The normalized spacial score (nSPS) is 13.4. The maximum absolute atomic E-state index is 2.53. The van der Waals surface area contributed by atoms with Crippen molar-refractivity contribution in [3.8, 4) is 22.3 Å². The van der Waals surface area contributed by atoms with Crippen LogP contribution in [0, 0.1) is 0 Å². The monoisotopic (exact) mass is 896 g/mol. The zero-order chi connectivity index (χ0) is 45.3. The van der Waals surface area contributed by atoms with E-state index in [1.807, 2.05) is 22.7 Å². The minimum absolute atomic E-state index is 0.0215. The lowest BCUT2D eigenvalue weighted by Gasteiger charge is -2.44. The molecule has 0 unspecified atom stereocenters. The van der Waals surface area contributed by atoms with Gasteiger partial charge in [0.05, 0.1) is 0 Å². The Morgan fingerprint density at radius 1 is 0.373 bits per heavy atom. The first kappa shape index (κ1) is 40.4.